The normalized spacial score (nSPS) is 11.4. The van der Waals surface area contributed by atoms with Crippen LogP contribution in [0.15, 0.2) is 71.6 Å². The summed E-state index contributed by atoms with van der Waals surface area (Å²) in [6.07, 6.45) is 0. The molecule has 4 aromatic rings. The SMILES string of the molecule is CCOC(=O)c1c(C)n(-c2ccc(OC)cc2)c2c(Cl)cc(NS(=O)(=O)c3ccccc3)cc12. The first-order valence-electron chi connectivity index (χ1n) is 10.5. The molecule has 0 aliphatic rings. The lowest BCUT2D eigenvalue weighted by atomic mass is 10.1. The number of methoxy groups -OCH3 is 1. The number of aromatic nitrogens is 1. The molecule has 0 aliphatic carbocycles. The summed E-state index contributed by atoms with van der Waals surface area (Å²) in [5, 5.41) is 0.753. The molecule has 0 amide bonds. The van der Waals surface area contributed by atoms with Crippen LogP contribution in [-0.4, -0.2) is 32.7 Å². The van der Waals surface area contributed by atoms with Gasteiger partial charge in [-0.25, -0.2) is 13.2 Å². The number of anilines is 1. The average Bonchev–Trinajstić information content (AvgIpc) is 3.12. The van der Waals surface area contributed by atoms with Gasteiger partial charge in [-0.1, -0.05) is 29.8 Å². The van der Waals surface area contributed by atoms with Gasteiger partial charge in [0.1, 0.15) is 5.75 Å². The van der Waals surface area contributed by atoms with Crippen molar-refractivity contribution < 1.29 is 22.7 Å². The largest absolute Gasteiger partial charge is 0.497 e. The lowest BCUT2D eigenvalue weighted by Gasteiger charge is -2.12. The van der Waals surface area contributed by atoms with Crippen LogP contribution < -0.4 is 9.46 Å². The van der Waals surface area contributed by atoms with E-state index in [-0.39, 0.29) is 22.2 Å². The summed E-state index contributed by atoms with van der Waals surface area (Å²) in [5.41, 5.74) is 2.49. The number of halogens is 1. The van der Waals surface area contributed by atoms with Crippen molar-refractivity contribution >= 4 is 44.2 Å². The second-order valence-corrected chi connectivity index (χ2v) is 9.58. The van der Waals surface area contributed by atoms with Crippen molar-refractivity contribution in [3.63, 3.8) is 0 Å². The molecule has 34 heavy (non-hydrogen) atoms. The minimum absolute atomic E-state index is 0.115. The Balaban J connectivity index is 1.92. The summed E-state index contributed by atoms with van der Waals surface area (Å²) in [6.45, 7) is 3.71. The third-order valence-corrected chi connectivity index (χ3v) is 7.05. The van der Waals surface area contributed by atoms with Crippen LogP contribution in [0.4, 0.5) is 5.69 Å². The van der Waals surface area contributed by atoms with E-state index in [0.29, 0.717) is 27.9 Å². The van der Waals surface area contributed by atoms with Crippen molar-refractivity contribution in [3.05, 3.63) is 83.0 Å². The number of carbonyl (C=O) groups is 1. The van der Waals surface area contributed by atoms with Crippen molar-refractivity contribution in [2.24, 2.45) is 0 Å². The molecule has 9 heteroatoms. The van der Waals surface area contributed by atoms with Crippen LogP contribution in [0.1, 0.15) is 23.0 Å². The molecule has 0 saturated carbocycles. The van der Waals surface area contributed by atoms with Crippen LogP contribution in [0.3, 0.4) is 0 Å². The fourth-order valence-electron chi connectivity index (χ4n) is 3.88. The first-order chi connectivity index (χ1) is 16.3. The van der Waals surface area contributed by atoms with E-state index in [1.165, 1.54) is 18.2 Å². The van der Waals surface area contributed by atoms with Gasteiger partial charge in [0.15, 0.2) is 0 Å². The van der Waals surface area contributed by atoms with Crippen LogP contribution in [0.5, 0.6) is 5.75 Å². The van der Waals surface area contributed by atoms with E-state index in [1.54, 1.807) is 57.4 Å². The highest BCUT2D eigenvalue weighted by molar-refractivity contribution is 7.92. The molecule has 3 aromatic carbocycles. The molecule has 0 atom stereocenters. The second kappa shape index (κ2) is 9.40. The molecule has 0 unspecified atom stereocenters. The Morgan fingerprint density at radius 1 is 1.06 bits per heavy atom. The molecule has 0 spiro atoms. The second-order valence-electron chi connectivity index (χ2n) is 7.49. The molecule has 4 rings (SSSR count). The standard InChI is InChI=1S/C25H23ClN2O5S/c1-4-33-25(29)23-16(2)28(18-10-12-19(32-3)13-11-18)24-21(23)14-17(15-22(24)26)27-34(30,31)20-8-6-5-7-9-20/h5-15,27H,4H2,1-3H3. The van der Waals surface area contributed by atoms with Gasteiger partial charge in [0.05, 0.1) is 40.4 Å². The number of ether oxygens (including phenoxy) is 2. The number of hydrogen-bond donors (Lipinski definition) is 1. The van der Waals surface area contributed by atoms with E-state index < -0.39 is 16.0 Å². The smallest absolute Gasteiger partial charge is 0.340 e. The maximum atomic E-state index is 12.9. The van der Waals surface area contributed by atoms with E-state index >= 15 is 0 Å². The van der Waals surface area contributed by atoms with Gasteiger partial charge in [-0.2, -0.15) is 0 Å². The summed E-state index contributed by atoms with van der Waals surface area (Å²) in [7, 11) is -2.27. The van der Waals surface area contributed by atoms with Crippen LogP contribution in [0.2, 0.25) is 5.02 Å². The van der Waals surface area contributed by atoms with Gasteiger partial charge in [-0.05, 0) is 62.4 Å². The van der Waals surface area contributed by atoms with E-state index in [1.807, 2.05) is 16.7 Å². The van der Waals surface area contributed by atoms with E-state index in [0.717, 1.165) is 5.69 Å². The van der Waals surface area contributed by atoms with Crippen LogP contribution >= 0.6 is 11.6 Å². The highest BCUT2D eigenvalue weighted by Crippen LogP contribution is 2.37. The van der Waals surface area contributed by atoms with Gasteiger partial charge in [0.25, 0.3) is 10.0 Å². The molecular weight excluding hydrogens is 476 g/mol. The Hall–Kier alpha value is -3.49. The lowest BCUT2D eigenvalue weighted by Crippen LogP contribution is -2.13. The molecule has 1 N–H and O–H groups in total. The maximum absolute atomic E-state index is 12.9. The third kappa shape index (κ3) is 4.34. The zero-order valence-electron chi connectivity index (χ0n) is 18.8. The summed E-state index contributed by atoms with van der Waals surface area (Å²) in [5.74, 6) is 0.170. The number of benzene rings is 3. The van der Waals surface area contributed by atoms with Gasteiger partial charge in [0, 0.05) is 16.8 Å². The first-order valence-corrected chi connectivity index (χ1v) is 12.4. The Labute approximate surface area is 202 Å². The molecule has 0 saturated heterocycles. The molecule has 176 valence electrons. The maximum Gasteiger partial charge on any atom is 0.340 e. The Bertz CT molecular complexity index is 1460. The van der Waals surface area contributed by atoms with Crippen molar-refractivity contribution in [2.45, 2.75) is 18.7 Å². The summed E-state index contributed by atoms with van der Waals surface area (Å²) < 4.78 is 40.7. The number of nitrogens with zero attached hydrogens (tertiary/aromatic N) is 1. The minimum atomic E-state index is -3.85. The highest BCUT2D eigenvalue weighted by atomic mass is 35.5. The minimum Gasteiger partial charge on any atom is -0.497 e. The number of esters is 1. The average molecular weight is 499 g/mol. The zero-order chi connectivity index (χ0) is 24.5. The topological polar surface area (TPSA) is 86.6 Å². The third-order valence-electron chi connectivity index (χ3n) is 5.37. The lowest BCUT2D eigenvalue weighted by molar-refractivity contribution is 0.0527. The predicted molar refractivity (Wildman–Crippen MR) is 133 cm³/mol. The van der Waals surface area contributed by atoms with E-state index in [2.05, 4.69) is 4.72 Å². The van der Waals surface area contributed by atoms with E-state index in [4.69, 9.17) is 21.1 Å². The van der Waals surface area contributed by atoms with Crippen molar-refractivity contribution in [3.8, 4) is 11.4 Å². The van der Waals surface area contributed by atoms with Crippen LogP contribution in [0.25, 0.3) is 16.6 Å². The van der Waals surface area contributed by atoms with Gasteiger partial charge in [-0.15, -0.1) is 0 Å². The predicted octanol–water partition coefficient (Wildman–Crippen LogP) is 5.58. The molecule has 0 aliphatic heterocycles. The number of rotatable bonds is 7. The number of hydrogen-bond acceptors (Lipinski definition) is 5. The van der Waals surface area contributed by atoms with Crippen LogP contribution in [-0.2, 0) is 14.8 Å². The fourth-order valence-corrected chi connectivity index (χ4v) is 5.24. The number of fused-ring (bicyclic) bond motifs is 1. The molecular formula is C25H23ClN2O5S. The number of carbonyl (C=O) groups excluding carboxylic acids is 1. The zero-order valence-corrected chi connectivity index (χ0v) is 20.4. The summed E-state index contributed by atoms with van der Waals surface area (Å²) >= 11 is 6.69. The molecule has 0 bridgehead atoms. The Morgan fingerprint density at radius 3 is 2.35 bits per heavy atom. The van der Waals surface area contributed by atoms with Gasteiger partial charge in [-0.3, -0.25) is 4.72 Å². The molecule has 1 aromatic heterocycles. The van der Waals surface area contributed by atoms with Gasteiger partial charge >= 0.3 is 5.97 Å². The summed E-state index contributed by atoms with van der Waals surface area (Å²) in [6, 6.07) is 18.4. The monoisotopic (exact) mass is 498 g/mol. The first kappa shape index (κ1) is 23.7. The quantitative estimate of drug-likeness (QED) is 0.336. The number of sulfonamides is 1. The Morgan fingerprint density at radius 2 is 1.74 bits per heavy atom. The van der Waals surface area contributed by atoms with Crippen molar-refractivity contribution in [1.82, 2.24) is 4.57 Å². The molecule has 1 heterocycles. The molecule has 0 fully saturated rings. The fraction of sp³-hybridized carbons (Fsp3) is 0.160. The number of nitrogens with one attached hydrogen (secondary N) is 1. The van der Waals surface area contributed by atoms with Gasteiger partial charge < -0.3 is 14.0 Å². The van der Waals surface area contributed by atoms with Crippen LogP contribution in [0, 0.1) is 6.92 Å². The molecule has 0 radical (unpaired) electrons. The highest BCUT2D eigenvalue weighted by Gasteiger charge is 2.25. The van der Waals surface area contributed by atoms with Crippen molar-refractivity contribution in [2.75, 3.05) is 18.4 Å². The molecule has 7 nitrogen and oxygen atoms in total. The summed E-state index contributed by atoms with van der Waals surface area (Å²) in [4.78, 5) is 13.0. The Kier molecular flexibility index (Phi) is 6.54. The van der Waals surface area contributed by atoms with Crippen molar-refractivity contribution in [1.29, 1.82) is 0 Å². The van der Waals surface area contributed by atoms with E-state index in [9.17, 15) is 13.2 Å². The van der Waals surface area contributed by atoms with Gasteiger partial charge in [0.2, 0.25) is 0 Å².